The molecule has 3 heteroatoms. The zero-order valence-electron chi connectivity index (χ0n) is 13.9. The lowest BCUT2D eigenvalue weighted by atomic mass is 9.88. The molecule has 0 spiro atoms. The highest BCUT2D eigenvalue weighted by molar-refractivity contribution is 5.47. The third-order valence-electron chi connectivity index (χ3n) is 4.61. The minimum absolute atomic E-state index is 0.610. The molecule has 3 N–H and O–H groups in total. The van der Waals surface area contributed by atoms with Gasteiger partial charge in [-0.15, -0.1) is 0 Å². The van der Waals surface area contributed by atoms with Crippen molar-refractivity contribution in [3.05, 3.63) is 42.0 Å². The lowest BCUT2D eigenvalue weighted by molar-refractivity contribution is 0.361. The maximum Gasteiger partial charge on any atom is 0.0133 e. The summed E-state index contributed by atoms with van der Waals surface area (Å²) in [7, 11) is 0. The average molecular weight is 301 g/mol. The first kappa shape index (κ1) is 17.2. The van der Waals surface area contributed by atoms with Gasteiger partial charge in [-0.3, -0.25) is 0 Å². The number of nitrogens with one attached hydrogen (secondary N) is 3. The van der Waals surface area contributed by atoms with Crippen molar-refractivity contribution in [2.24, 2.45) is 0 Å². The molecule has 2 saturated heterocycles. The van der Waals surface area contributed by atoms with E-state index in [1.807, 2.05) is 6.08 Å². The zero-order chi connectivity index (χ0) is 15.6. The molecule has 122 valence electrons. The molecule has 22 heavy (non-hydrogen) atoms. The normalized spacial score (nSPS) is 23.0. The maximum atomic E-state index is 3.78. The Labute approximate surface area is 135 Å². The second kappa shape index (κ2) is 9.78. The molecule has 1 aromatic carbocycles. The van der Waals surface area contributed by atoms with Crippen molar-refractivity contribution in [1.29, 1.82) is 0 Å². The predicted molar refractivity (Wildman–Crippen MR) is 96.3 cm³/mol. The Balaban J connectivity index is 0.000000246. The van der Waals surface area contributed by atoms with Crippen LogP contribution < -0.4 is 16.0 Å². The lowest BCUT2D eigenvalue weighted by Gasteiger charge is -2.29. The molecular weight excluding hydrogens is 270 g/mol. The van der Waals surface area contributed by atoms with Gasteiger partial charge in [-0.2, -0.15) is 0 Å². The summed E-state index contributed by atoms with van der Waals surface area (Å²) >= 11 is 0. The van der Waals surface area contributed by atoms with Gasteiger partial charge < -0.3 is 16.0 Å². The van der Waals surface area contributed by atoms with Gasteiger partial charge in [0, 0.05) is 32.2 Å². The van der Waals surface area contributed by atoms with Gasteiger partial charge in [0.05, 0.1) is 0 Å². The van der Waals surface area contributed by atoms with Gasteiger partial charge in [0.25, 0.3) is 0 Å². The van der Waals surface area contributed by atoms with E-state index in [0.717, 1.165) is 26.2 Å². The van der Waals surface area contributed by atoms with Gasteiger partial charge in [0.2, 0.25) is 0 Å². The second-order valence-corrected chi connectivity index (χ2v) is 6.22. The Kier molecular flexibility index (Phi) is 7.64. The Bertz CT molecular complexity index is 405. The first-order valence-corrected chi connectivity index (χ1v) is 8.68. The van der Waals surface area contributed by atoms with Gasteiger partial charge in [-0.05, 0) is 36.4 Å². The Hall–Kier alpha value is -1.16. The largest absolute Gasteiger partial charge is 0.314 e. The van der Waals surface area contributed by atoms with Gasteiger partial charge >= 0.3 is 0 Å². The van der Waals surface area contributed by atoms with E-state index in [-0.39, 0.29) is 0 Å². The number of benzene rings is 1. The SMILES string of the molecule is C1CNCCN1.C=Cc1ccc(C(C)C2CCCCN2)cc1. The van der Waals surface area contributed by atoms with Crippen LogP contribution in [0.1, 0.15) is 43.2 Å². The molecule has 2 unspecified atom stereocenters. The summed E-state index contributed by atoms with van der Waals surface area (Å²) in [4.78, 5) is 0. The van der Waals surface area contributed by atoms with Gasteiger partial charge in [-0.1, -0.05) is 50.3 Å². The molecule has 2 aliphatic rings. The van der Waals surface area contributed by atoms with Crippen LogP contribution in [0.4, 0.5) is 0 Å². The van der Waals surface area contributed by atoms with Gasteiger partial charge in [0.1, 0.15) is 0 Å². The van der Waals surface area contributed by atoms with Crippen molar-refractivity contribution in [3.8, 4) is 0 Å². The molecule has 3 rings (SSSR count). The highest BCUT2D eigenvalue weighted by Crippen LogP contribution is 2.25. The summed E-state index contributed by atoms with van der Waals surface area (Å²) in [5, 5.41) is 10.1. The first-order valence-electron chi connectivity index (χ1n) is 8.68. The van der Waals surface area contributed by atoms with Crippen LogP contribution in [0.3, 0.4) is 0 Å². The van der Waals surface area contributed by atoms with Crippen LogP contribution in [0.5, 0.6) is 0 Å². The van der Waals surface area contributed by atoms with E-state index in [1.165, 1.54) is 36.9 Å². The lowest BCUT2D eigenvalue weighted by Crippen LogP contribution is -2.39. The van der Waals surface area contributed by atoms with E-state index < -0.39 is 0 Å². The van der Waals surface area contributed by atoms with Crippen molar-refractivity contribution in [2.75, 3.05) is 32.7 Å². The van der Waals surface area contributed by atoms with Crippen molar-refractivity contribution in [1.82, 2.24) is 16.0 Å². The van der Waals surface area contributed by atoms with Crippen LogP contribution in [0.15, 0.2) is 30.8 Å². The maximum absolute atomic E-state index is 3.78. The quantitative estimate of drug-likeness (QED) is 0.803. The molecule has 0 aromatic heterocycles. The Morgan fingerprint density at radius 2 is 1.64 bits per heavy atom. The topological polar surface area (TPSA) is 36.1 Å². The molecule has 0 saturated carbocycles. The second-order valence-electron chi connectivity index (χ2n) is 6.22. The number of hydrogen-bond donors (Lipinski definition) is 3. The number of piperidine rings is 1. The van der Waals surface area contributed by atoms with E-state index >= 15 is 0 Å². The predicted octanol–water partition coefficient (Wildman–Crippen LogP) is 2.75. The van der Waals surface area contributed by atoms with Crippen molar-refractivity contribution in [3.63, 3.8) is 0 Å². The van der Waals surface area contributed by atoms with Gasteiger partial charge in [0.15, 0.2) is 0 Å². The molecule has 2 atom stereocenters. The summed E-state index contributed by atoms with van der Waals surface area (Å²) in [6, 6.07) is 9.43. The molecular formula is C19H31N3. The summed E-state index contributed by atoms with van der Waals surface area (Å²) in [5.41, 5.74) is 2.64. The molecule has 2 aliphatic heterocycles. The van der Waals surface area contributed by atoms with Crippen LogP contribution in [-0.4, -0.2) is 38.8 Å². The standard InChI is InChI=1S/C15H21N.C4H10N2/c1-3-13-7-9-14(10-8-13)12(2)15-6-4-5-11-16-15;1-2-6-4-3-5-1/h3,7-10,12,15-16H,1,4-6,11H2,2H3;5-6H,1-4H2. The minimum Gasteiger partial charge on any atom is -0.314 e. The number of hydrogen-bond acceptors (Lipinski definition) is 3. The van der Waals surface area contributed by atoms with Crippen molar-refractivity contribution in [2.45, 2.75) is 38.1 Å². The Morgan fingerprint density at radius 3 is 2.09 bits per heavy atom. The highest BCUT2D eigenvalue weighted by Gasteiger charge is 2.20. The number of rotatable bonds is 3. The highest BCUT2D eigenvalue weighted by atomic mass is 15.0. The summed E-state index contributed by atoms with van der Waals surface area (Å²) in [5.74, 6) is 0.610. The van der Waals surface area contributed by atoms with E-state index in [4.69, 9.17) is 0 Å². The average Bonchev–Trinajstić information content (AvgIpc) is 2.64. The van der Waals surface area contributed by atoms with Crippen LogP contribution >= 0.6 is 0 Å². The molecule has 3 nitrogen and oxygen atoms in total. The van der Waals surface area contributed by atoms with Crippen LogP contribution in [0.25, 0.3) is 6.08 Å². The molecule has 0 radical (unpaired) electrons. The van der Waals surface area contributed by atoms with Crippen LogP contribution in [0, 0.1) is 0 Å². The number of piperazine rings is 1. The van der Waals surface area contributed by atoms with E-state index in [1.54, 1.807) is 0 Å². The summed E-state index contributed by atoms with van der Waals surface area (Å²) in [6.07, 6.45) is 5.91. The summed E-state index contributed by atoms with van der Waals surface area (Å²) < 4.78 is 0. The van der Waals surface area contributed by atoms with Crippen molar-refractivity contribution >= 4 is 6.08 Å². The fraction of sp³-hybridized carbons (Fsp3) is 0.579. The third kappa shape index (κ3) is 5.56. The monoisotopic (exact) mass is 301 g/mol. The molecule has 2 heterocycles. The van der Waals surface area contributed by atoms with Gasteiger partial charge in [-0.25, -0.2) is 0 Å². The molecule has 0 aliphatic carbocycles. The molecule has 2 fully saturated rings. The zero-order valence-corrected chi connectivity index (χ0v) is 13.9. The molecule has 0 bridgehead atoms. The van der Waals surface area contributed by atoms with E-state index in [2.05, 4.69) is 53.7 Å². The third-order valence-corrected chi connectivity index (χ3v) is 4.61. The molecule has 1 aromatic rings. The fourth-order valence-electron chi connectivity index (χ4n) is 3.08. The van der Waals surface area contributed by atoms with E-state index in [9.17, 15) is 0 Å². The summed E-state index contributed by atoms with van der Waals surface area (Å²) in [6.45, 7) is 11.8. The van der Waals surface area contributed by atoms with Crippen molar-refractivity contribution < 1.29 is 0 Å². The fourth-order valence-corrected chi connectivity index (χ4v) is 3.08. The Morgan fingerprint density at radius 1 is 1.00 bits per heavy atom. The molecule has 0 amide bonds. The first-order chi connectivity index (χ1) is 10.8. The van der Waals surface area contributed by atoms with E-state index in [0.29, 0.717) is 12.0 Å². The minimum atomic E-state index is 0.610. The van der Waals surface area contributed by atoms with Crippen LogP contribution in [-0.2, 0) is 0 Å². The van der Waals surface area contributed by atoms with Crippen LogP contribution in [0.2, 0.25) is 0 Å². The smallest absolute Gasteiger partial charge is 0.0133 e.